The number of carbonyl (C=O) groups excluding carboxylic acids is 4. The molecule has 3 heterocycles. The SMILES string of the molecule is COc1cnc(O[C@@H]2C[C@H]3C(=O)N[C@]4(C(=O)NS(=O)(=O)C5(C)CC5)CC4/C=C\CC[C@@H](C)C[C@@H](C)[C@H](NC(=O)OC(C)(C)C)C(=O)N3C2)c2ccc(N(C)C)cc12. The van der Waals surface area contributed by atoms with Gasteiger partial charge in [-0.1, -0.05) is 26.0 Å². The molecule has 4 amide bonds. The summed E-state index contributed by atoms with van der Waals surface area (Å²) in [4.78, 5) is 64.6. The first-order valence-corrected chi connectivity index (χ1v) is 21.3. The van der Waals surface area contributed by atoms with Gasteiger partial charge in [-0.05, 0) is 96.3 Å². The first-order valence-electron chi connectivity index (χ1n) is 19.8. The number of rotatable bonds is 8. The van der Waals surface area contributed by atoms with Crippen molar-refractivity contribution in [1.82, 2.24) is 25.2 Å². The standard InChI is InChI=1S/C41H58N6O9S/c1-24-12-10-11-13-26-21-41(26,37(50)45-57(52,53)40(6)16-17-40)44-34(48)31-20-28(23-47(31)36(49)33(25(2)18-24)43-38(51)56-39(3,4)5)55-35-29-15-14-27(46(7)8)19-30(29)32(54-9)22-42-35/h11,13-15,19,22,24-26,28,31,33H,10,12,16-18,20-21,23H2,1-9H3,(H,43,51)(H,44,48)(H,45,50)/b13-11-/t24-,25-,26?,28-,31+,33+,41-/m1/s1. The van der Waals surface area contributed by atoms with Gasteiger partial charge in [0, 0.05) is 42.9 Å². The predicted molar refractivity (Wildman–Crippen MR) is 215 cm³/mol. The van der Waals surface area contributed by atoms with E-state index >= 15 is 0 Å². The fraction of sp³-hybridized carbons (Fsp3) is 0.634. The van der Waals surface area contributed by atoms with Gasteiger partial charge < -0.3 is 34.6 Å². The van der Waals surface area contributed by atoms with E-state index in [1.807, 2.05) is 56.3 Å². The monoisotopic (exact) mass is 810 g/mol. The highest BCUT2D eigenvalue weighted by atomic mass is 32.2. The van der Waals surface area contributed by atoms with Crippen molar-refractivity contribution >= 4 is 50.3 Å². The predicted octanol–water partition coefficient (Wildman–Crippen LogP) is 4.44. The maximum Gasteiger partial charge on any atom is 0.408 e. The van der Waals surface area contributed by atoms with Gasteiger partial charge in [-0.25, -0.2) is 18.2 Å². The molecule has 57 heavy (non-hydrogen) atoms. The molecule has 2 aliphatic carbocycles. The minimum Gasteiger partial charge on any atom is -0.494 e. The third-order valence-electron chi connectivity index (χ3n) is 11.7. The number of pyridine rings is 1. The van der Waals surface area contributed by atoms with Crippen LogP contribution in [0.2, 0.25) is 0 Å². The zero-order valence-electron chi connectivity index (χ0n) is 34.5. The number of aromatic nitrogens is 1. The van der Waals surface area contributed by atoms with Crippen LogP contribution in [0.15, 0.2) is 36.5 Å². The largest absolute Gasteiger partial charge is 0.494 e. The Morgan fingerprint density at radius 2 is 1.81 bits per heavy atom. The van der Waals surface area contributed by atoms with E-state index < -0.39 is 73.8 Å². The number of fused-ring (bicyclic) bond motifs is 3. The summed E-state index contributed by atoms with van der Waals surface area (Å²) in [5.74, 6) is -1.77. The third kappa shape index (κ3) is 8.95. The molecule has 4 aliphatic rings. The summed E-state index contributed by atoms with van der Waals surface area (Å²) < 4.78 is 45.4. The second-order valence-electron chi connectivity index (χ2n) is 17.8. The third-order valence-corrected chi connectivity index (χ3v) is 13.9. The van der Waals surface area contributed by atoms with Crippen molar-refractivity contribution < 1.29 is 41.8 Å². The van der Waals surface area contributed by atoms with E-state index in [1.165, 1.54) is 4.90 Å². The van der Waals surface area contributed by atoms with Gasteiger partial charge in [0.15, 0.2) is 0 Å². The molecular formula is C41H58N6O9S. The number of benzene rings is 1. The molecule has 2 saturated carbocycles. The van der Waals surface area contributed by atoms with Gasteiger partial charge in [-0.3, -0.25) is 19.1 Å². The highest BCUT2D eigenvalue weighted by molar-refractivity contribution is 7.91. The number of sulfonamides is 1. The van der Waals surface area contributed by atoms with E-state index in [-0.39, 0.29) is 37.1 Å². The first kappa shape index (κ1) is 42.0. The number of nitrogens with zero attached hydrogens (tertiary/aromatic N) is 3. The van der Waals surface area contributed by atoms with Crippen molar-refractivity contribution in [2.75, 3.05) is 32.6 Å². The molecule has 6 rings (SSSR count). The Kier molecular flexibility index (Phi) is 11.5. The van der Waals surface area contributed by atoms with Crippen molar-refractivity contribution in [3.8, 4) is 11.6 Å². The summed E-state index contributed by atoms with van der Waals surface area (Å²) in [6.45, 7) is 10.7. The van der Waals surface area contributed by atoms with E-state index in [0.29, 0.717) is 36.8 Å². The number of hydrogen-bond acceptors (Lipinski definition) is 11. The minimum absolute atomic E-state index is 0.0288. The van der Waals surface area contributed by atoms with Crippen molar-refractivity contribution in [2.45, 2.75) is 121 Å². The van der Waals surface area contributed by atoms with Crippen LogP contribution in [0.4, 0.5) is 10.5 Å². The van der Waals surface area contributed by atoms with Crippen molar-refractivity contribution in [3.05, 3.63) is 36.5 Å². The minimum atomic E-state index is -4.01. The number of anilines is 1. The quantitative estimate of drug-likeness (QED) is 0.321. The maximum absolute atomic E-state index is 14.8. The molecule has 1 unspecified atom stereocenters. The number of hydrogen-bond donors (Lipinski definition) is 3. The summed E-state index contributed by atoms with van der Waals surface area (Å²) in [6.07, 6.45) is 7.02. The van der Waals surface area contributed by atoms with Crippen LogP contribution in [0.5, 0.6) is 11.6 Å². The van der Waals surface area contributed by atoms with Gasteiger partial charge in [0.25, 0.3) is 5.91 Å². The number of carbonyl (C=O) groups is 4. The lowest BCUT2D eigenvalue weighted by molar-refractivity contribution is -0.142. The molecular weight excluding hydrogens is 753 g/mol. The Labute approximate surface area is 335 Å². The Bertz CT molecular complexity index is 2040. The molecule has 3 N–H and O–H groups in total. The van der Waals surface area contributed by atoms with Gasteiger partial charge in [0.1, 0.15) is 35.1 Å². The molecule has 15 nitrogen and oxygen atoms in total. The van der Waals surface area contributed by atoms with Crippen molar-refractivity contribution in [3.63, 3.8) is 0 Å². The second kappa shape index (κ2) is 15.6. The molecule has 0 radical (unpaired) electrons. The normalized spacial score (nSPS) is 29.4. The second-order valence-corrected chi connectivity index (χ2v) is 20.0. The van der Waals surface area contributed by atoms with Gasteiger partial charge in [0.2, 0.25) is 27.7 Å². The molecule has 7 atom stereocenters. The van der Waals surface area contributed by atoms with Gasteiger partial charge in [-0.15, -0.1) is 0 Å². The highest BCUT2D eigenvalue weighted by Gasteiger charge is 2.63. The number of ether oxygens (including phenoxy) is 3. The fourth-order valence-corrected chi connectivity index (χ4v) is 9.22. The molecule has 0 spiro atoms. The molecule has 1 saturated heterocycles. The van der Waals surface area contributed by atoms with Crippen LogP contribution in [0.25, 0.3) is 10.8 Å². The number of amides is 4. The summed E-state index contributed by atoms with van der Waals surface area (Å²) >= 11 is 0. The van der Waals surface area contributed by atoms with E-state index in [2.05, 4.69) is 27.3 Å². The lowest BCUT2D eigenvalue weighted by Gasteiger charge is -2.33. The van der Waals surface area contributed by atoms with E-state index in [0.717, 1.165) is 17.5 Å². The van der Waals surface area contributed by atoms with Crippen LogP contribution < -0.4 is 29.7 Å². The number of methoxy groups -OCH3 is 1. The van der Waals surface area contributed by atoms with Crippen LogP contribution >= 0.6 is 0 Å². The molecule has 3 fully saturated rings. The van der Waals surface area contributed by atoms with E-state index in [4.69, 9.17) is 14.2 Å². The van der Waals surface area contributed by atoms with E-state index in [9.17, 15) is 27.6 Å². The smallest absolute Gasteiger partial charge is 0.408 e. The van der Waals surface area contributed by atoms with Crippen molar-refractivity contribution in [1.29, 1.82) is 0 Å². The van der Waals surface area contributed by atoms with Gasteiger partial charge in [-0.2, -0.15) is 0 Å². The molecule has 0 bridgehead atoms. The summed E-state index contributed by atoms with van der Waals surface area (Å²) in [5, 5.41) is 7.16. The lowest BCUT2D eigenvalue weighted by Crippen LogP contribution is -2.59. The zero-order chi connectivity index (χ0) is 41.7. The Morgan fingerprint density at radius 3 is 2.46 bits per heavy atom. The van der Waals surface area contributed by atoms with Crippen LogP contribution in [0.1, 0.15) is 86.5 Å². The summed E-state index contributed by atoms with van der Waals surface area (Å²) in [6, 6.07) is 3.57. The maximum atomic E-state index is 14.8. The summed E-state index contributed by atoms with van der Waals surface area (Å²) in [7, 11) is 1.42. The number of nitrogens with one attached hydrogen (secondary N) is 3. The van der Waals surface area contributed by atoms with E-state index in [1.54, 1.807) is 41.0 Å². The number of allylic oxidation sites excluding steroid dienone is 1. The Balaban J connectivity index is 1.36. The van der Waals surface area contributed by atoms with Crippen molar-refractivity contribution in [2.24, 2.45) is 17.8 Å². The average Bonchev–Trinajstić information content (AvgIpc) is 4.01. The van der Waals surface area contributed by atoms with Gasteiger partial charge >= 0.3 is 6.09 Å². The average molecular weight is 811 g/mol. The van der Waals surface area contributed by atoms with Crippen LogP contribution in [-0.2, 0) is 29.1 Å². The van der Waals surface area contributed by atoms with Crippen LogP contribution in [0.3, 0.4) is 0 Å². The lowest BCUT2D eigenvalue weighted by atomic mass is 9.88. The summed E-state index contributed by atoms with van der Waals surface area (Å²) in [5.41, 5.74) is -1.43. The number of alkyl carbamates (subject to hydrolysis) is 1. The molecule has 16 heteroatoms. The Hall–Kier alpha value is -4.60. The highest BCUT2D eigenvalue weighted by Crippen LogP contribution is 2.48. The van der Waals surface area contributed by atoms with Crippen LogP contribution in [0, 0.1) is 17.8 Å². The van der Waals surface area contributed by atoms with Crippen LogP contribution in [-0.4, -0.2) is 104 Å². The zero-order valence-corrected chi connectivity index (χ0v) is 35.3. The molecule has 1 aromatic heterocycles. The molecule has 2 aliphatic heterocycles. The molecule has 1 aromatic carbocycles. The first-order chi connectivity index (χ1) is 26.7. The van der Waals surface area contributed by atoms with Gasteiger partial charge in [0.05, 0.1) is 24.6 Å². The Morgan fingerprint density at radius 1 is 1.09 bits per heavy atom. The fourth-order valence-electron chi connectivity index (χ4n) is 7.90. The molecule has 2 aromatic rings. The topological polar surface area (TPSA) is 186 Å². The molecule has 312 valence electrons.